The molecule has 3 nitrogen and oxygen atoms in total. The fraction of sp³-hybridized carbons (Fsp3) is 0.333. The minimum Gasteiger partial charge on any atom is -0.457 e. The summed E-state index contributed by atoms with van der Waals surface area (Å²) in [5.74, 6) is 1.62. The lowest BCUT2D eigenvalue weighted by Gasteiger charge is -2.37. The summed E-state index contributed by atoms with van der Waals surface area (Å²) in [6, 6.07) is 17.5. The van der Waals surface area contributed by atoms with Crippen LogP contribution >= 0.6 is 0 Å². The largest absolute Gasteiger partial charge is 0.457 e. The monoisotopic (exact) mass is 283 g/mol. The Bertz CT molecular complexity index is 572. The van der Waals surface area contributed by atoms with Gasteiger partial charge in [0, 0.05) is 13.1 Å². The van der Waals surface area contributed by atoms with E-state index in [4.69, 9.17) is 4.74 Å². The molecule has 21 heavy (non-hydrogen) atoms. The van der Waals surface area contributed by atoms with Crippen molar-refractivity contribution in [2.45, 2.75) is 18.4 Å². The number of hydrogen-bond donors (Lipinski definition) is 1. The molecule has 0 atom stereocenters. The Labute approximate surface area is 125 Å². The number of para-hydroxylation sites is 1. The van der Waals surface area contributed by atoms with Crippen molar-refractivity contribution < 1.29 is 9.84 Å². The lowest BCUT2D eigenvalue weighted by Crippen LogP contribution is -2.40. The normalized spacial score (nSPS) is 18.4. The van der Waals surface area contributed by atoms with Gasteiger partial charge in [-0.25, -0.2) is 0 Å². The van der Waals surface area contributed by atoms with Crippen LogP contribution in [0.2, 0.25) is 0 Å². The highest BCUT2D eigenvalue weighted by molar-refractivity contribution is 5.35. The summed E-state index contributed by atoms with van der Waals surface area (Å²) >= 11 is 0. The van der Waals surface area contributed by atoms with Gasteiger partial charge in [0.05, 0.1) is 5.60 Å². The van der Waals surface area contributed by atoms with E-state index in [2.05, 4.69) is 11.9 Å². The van der Waals surface area contributed by atoms with Gasteiger partial charge < -0.3 is 14.7 Å². The second kappa shape index (κ2) is 5.88. The molecular formula is C18H21NO2. The van der Waals surface area contributed by atoms with Crippen molar-refractivity contribution in [2.75, 3.05) is 20.1 Å². The van der Waals surface area contributed by atoms with Crippen molar-refractivity contribution in [2.24, 2.45) is 0 Å². The van der Waals surface area contributed by atoms with Crippen LogP contribution in [-0.2, 0) is 5.60 Å². The Balaban J connectivity index is 1.72. The predicted molar refractivity (Wildman–Crippen MR) is 83.6 cm³/mol. The molecule has 0 spiro atoms. The molecule has 0 aliphatic carbocycles. The summed E-state index contributed by atoms with van der Waals surface area (Å²) in [5, 5.41) is 10.8. The molecule has 0 amide bonds. The zero-order chi connectivity index (χ0) is 14.7. The van der Waals surface area contributed by atoms with Crippen LogP contribution in [0.3, 0.4) is 0 Å². The average molecular weight is 283 g/mol. The highest BCUT2D eigenvalue weighted by atomic mass is 16.5. The molecule has 1 aliphatic rings. The summed E-state index contributed by atoms with van der Waals surface area (Å²) in [6.45, 7) is 1.86. The highest BCUT2D eigenvalue weighted by Crippen LogP contribution is 2.33. The summed E-state index contributed by atoms with van der Waals surface area (Å²) in [6.07, 6.45) is 1.56. The second-order valence-electron chi connectivity index (χ2n) is 5.77. The average Bonchev–Trinajstić information content (AvgIpc) is 2.52. The topological polar surface area (TPSA) is 32.7 Å². The molecule has 3 rings (SSSR count). The number of piperidine rings is 1. The molecule has 110 valence electrons. The molecule has 0 bridgehead atoms. The van der Waals surface area contributed by atoms with E-state index >= 15 is 0 Å². The van der Waals surface area contributed by atoms with E-state index in [1.807, 2.05) is 54.6 Å². The molecular weight excluding hydrogens is 262 g/mol. The van der Waals surface area contributed by atoms with Crippen molar-refractivity contribution in [3.63, 3.8) is 0 Å². The van der Waals surface area contributed by atoms with Gasteiger partial charge >= 0.3 is 0 Å². The molecule has 0 aromatic heterocycles. The van der Waals surface area contributed by atoms with Gasteiger partial charge in [-0.1, -0.05) is 30.3 Å². The van der Waals surface area contributed by atoms with Crippen LogP contribution < -0.4 is 4.74 Å². The number of likely N-dealkylation sites (tertiary alicyclic amines) is 1. The lowest BCUT2D eigenvalue weighted by atomic mass is 9.84. The van der Waals surface area contributed by atoms with Crippen LogP contribution in [0.4, 0.5) is 0 Å². The SMILES string of the molecule is CN1CCC(O)(c2ccc(Oc3ccccc3)cc2)CC1. The van der Waals surface area contributed by atoms with E-state index in [9.17, 15) is 5.11 Å². The van der Waals surface area contributed by atoms with Crippen molar-refractivity contribution in [3.8, 4) is 11.5 Å². The Hall–Kier alpha value is -1.84. The van der Waals surface area contributed by atoms with Crippen molar-refractivity contribution >= 4 is 0 Å². The summed E-state index contributed by atoms with van der Waals surface area (Å²) in [5.41, 5.74) is 0.286. The van der Waals surface area contributed by atoms with Crippen LogP contribution in [0, 0.1) is 0 Å². The fourth-order valence-corrected chi connectivity index (χ4v) is 2.73. The van der Waals surface area contributed by atoms with Gasteiger partial charge in [-0.3, -0.25) is 0 Å². The first-order chi connectivity index (χ1) is 10.2. The van der Waals surface area contributed by atoms with Crippen molar-refractivity contribution in [1.82, 2.24) is 4.90 Å². The van der Waals surface area contributed by atoms with Gasteiger partial charge in [-0.2, -0.15) is 0 Å². The Kier molecular flexibility index (Phi) is 3.95. The maximum Gasteiger partial charge on any atom is 0.127 e. The number of ether oxygens (including phenoxy) is 1. The van der Waals surface area contributed by atoms with Crippen LogP contribution in [-0.4, -0.2) is 30.1 Å². The first-order valence-corrected chi connectivity index (χ1v) is 7.40. The number of benzene rings is 2. The van der Waals surface area contributed by atoms with E-state index < -0.39 is 5.60 Å². The van der Waals surface area contributed by atoms with E-state index in [1.54, 1.807) is 0 Å². The molecule has 0 radical (unpaired) electrons. The zero-order valence-electron chi connectivity index (χ0n) is 12.3. The molecule has 0 unspecified atom stereocenters. The van der Waals surface area contributed by atoms with Gasteiger partial charge in [-0.05, 0) is 49.7 Å². The smallest absolute Gasteiger partial charge is 0.127 e. The first kappa shape index (κ1) is 14.1. The predicted octanol–water partition coefficient (Wildman–Crippen LogP) is 3.39. The Morgan fingerprint density at radius 2 is 1.48 bits per heavy atom. The Morgan fingerprint density at radius 3 is 2.10 bits per heavy atom. The molecule has 3 heteroatoms. The Morgan fingerprint density at radius 1 is 0.905 bits per heavy atom. The number of hydrogen-bond acceptors (Lipinski definition) is 3. The molecule has 1 heterocycles. The third-order valence-corrected chi connectivity index (χ3v) is 4.18. The van der Waals surface area contributed by atoms with E-state index in [1.165, 1.54) is 0 Å². The quantitative estimate of drug-likeness (QED) is 0.937. The van der Waals surface area contributed by atoms with Crippen LogP contribution in [0.5, 0.6) is 11.5 Å². The zero-order valence-corrected chi connectivity index (χ0v) is 12.3. The number of aliphatic hydroxyl groups is 1. The van der Waals surface area contributed by atoms with Crippen LogP contribution in [0.15, 0.2) is 54.6 Å². The minimum atomic E-state index is -0.697. The van der Waals surface area contributed by atoms with Gasteiger partial charge in [0.2, 0.25) is 0 Å². The van der Waals surface area contributed by atoms with Gasteiger partial charge in [0.15, 0.2) is 0 Å². The molecule has 0 saturated carbocycles. The van der Waals surface area contributed by atoms with Gasteiger partial charge in [-0.15, -0.1) is 0 Å². The van der Waals surface area contributed by atoms with Crippen molar-refractivity contribution in [1.29, 1.82) is 0 Å². The first-order valence-electron chi connectivity index (χ1n) is 7.40. The molecule has 1 aliphatic heterocycles. The van der Waals surface area contributed by atoms with Gasteiger partial charge in [0.25, 0.3) is 0 Å². The molecule has 2 aromatic carbocycles. The lowest BCUT2D eigenvalue weighted by molar-refractivity contribution is -0.0203. The molecule has 1 N–H and O–H groups in total. The van der Waals surface area contributed by atoms with Gasteiger partial charge in [0.1, 0.15) is 11.5 Å². The molecule has 1 saturated heterocycles. The number of rotatable bonds is 3. The minimum absolute atomic E-state index is 0.697. The van der Waals surface area contributed by atoms with Crippen LogP contribution in [0.25, 0.3) is 0 Å². The molecule has 2 aromatic rings. The third kappa shape index (κ3) is 3.26. The maximum absolute atomic E-state index is 10.8. The molecule has 1 fully saturated rings. The maximum atomic E-state index is 10.8. The second-order valence-corrected chi connectivity index (χ2v) is 5.77. The third-order valence-electron chi connectivity index (χ3n) is 4.18. The summed E-state index contributed by atoms with van der Waals surface area (Å²) in [7, 11) is 2.09. The summed E-state index contributed by atoms with van der Waals surface area (Å²) < 4.78 is 5.78. The fourth-order valence-electron chi connectivity index (χ4n) is 2.73. The van der Waals surface area contributed by atoms with Crippen LogP contribution in [0.1, 0.15) is 18.4 Å². The standard InChI is InChI=1S/C18H21NO2/c1-19-13-11-18(20,12-14-19)15-7-9-17(10-8-15)21-16-5-3-2-4-6-16/h2-10,20H,11-14H2,1H3. The highest BCUT2D eigenvalue weighted by Gasteiger charge is 2.32. The van der Waals surface area contributed by atoms with E-state index in [-0.39, 0.29) is 0 Å². The van der Waals surface area contributed by atoms with E-state index in [0.717, 1.165) is 43.0 Å². The summed E-state index contributed by atoms with van der Waals surface area (Å²) in [4.78, 5) is 2.25. The van der Waals surface area contributed by atoms with Crippen molar-refractivity contribution in [3.05, 3.63) is 60.2 Å². The number of nitrogens with zero attached hydrogens (tertiary/aromatic N) is 1. The van der Waals surface area contributed by atoms with E-state index in [0.29, 0.717) is 0 Å².